The lowest BCUT2D eigenvalue weighted by Gasteiger charge is -2.19. The predicted octanol–water partition coefficient (Wildman–Crippen LogP) is 2.21. The zero-order valence-corrected chi connectivity index (χ0v) is 15.9. The van der Waals surface area contributed by atoms with Crippen molar-refractivity contribution >= 4 is 35.8 Å². The second kappa shape index (κ2) is 12.3. The number of hydrogen-bond acceptors (Lipinski definition) is 3. The van der Waals surface area contributed by atoms with E-state index in [-0.39, 0.29) is 29.9 Å². The Morgan fingerprint density at radius 1 is 1.27 bits per heavy atom. The van der Waals surface area contributed by atoms with Crippen molar-refractivity contribution in [3.8, 4) is 0 Å². The largest absolute Gasteiger partial charge is 0.467 e. The third-order valence-electron chi connectivity index (χ3n) is 3.06. The summed E-state index contributed by atoms with van der Waals surface area (Å²) in [4.78, 5) is 18.1. The molecule has 0 aliphatic rings. The highest BCUT2D eigenvalue weighted by Gasteiger charge is 2.09. The maximum Gasteiger partial charge on any atom is 0.224 e. The molecule has 0 fully saturated rings. The molecule has 0 saturated carbocycles. The summed E-state index contributed by atoms with van der Waals surface area (Å²) in [5.41, 5.74) is 0. The lowest BCUT2D eigenvalue weighted by Crippen LogP contribution is -2.40. The third kappa shape index (κ3) is 7.67. The number of guanidine groups is 1. The van der Waals surface area contributed by atoms with Crippen LogP contribution >= 0.6 is 24.0 Å². The van der Waals surface area contributed by atoms with Gasteiger partial charge in [0.05, 0.1) is 6.26 Å². The maximum absolute atomic E-state index is 11.9. The highest BCUT2D eigenvalue weighted by atomic mass is 127. The zero-order valence-electron chi connectivity index (χ0n) is 13.6. The fourth-order valence-electron chi connectivity index (χ4n) is 1.92. The fraction of sp³-hybridized carbons (Fsp3) is 0.600. The van der Waals surface area contributed by atoms with Gasteiger partial charge in [-0.25, -0.2) is 4.99 Å². The first kappa shape index (κ1) is 20.8. The van der Waals surface area contributed by atoms with E-state index in [0.717, 1.165) is 25.4 Å². The first-order valence-electron chi connectivity index (χ1n) is 7.53. The van der Waals surface area contributed by atoms with Crippen molar-refractivity contribution in [3.05, 3.63) is 24.2 Å². The SMILES string of the molecule is CCNC(=NCc1ccco1)NCCC(=O)N(CC)CC.I. The molecule has 0 bridgehead atoms. The quantitative estimate of drug-likeness (QED) is 0.383. The monoisotopic (exact) mass is 422 g/mol. The van der Waals surface area contributed by atoms with Crippen LogP contribution in [0.25, 0.3) is 0 Å². The first-order chi connectivity index (χ1) is 10.2. The maximum atomic E-state index is 11.9. The van der Waals surface area contributed by atoms with Crippen molar-refractivity contribution in [1.29, 1.82) is 0 Å². The van der Waals surface area contributed by atoms with E-state index in [1.54, 1.807) is 6.26 Å². The summed E-state index contributed by atoms with van der Waals surface area (Å²) in [5, 5.41) is 6.32. The van der Waals surface area contributed by atoms with E-state index in [0.29, 0.717) is 25.5 Å². The van der Waals surface area contributed by atoms with Crippen LogP contribution in [-0.2, 0) is 11.3 Å². The molecule has 0 saturated heterocycles. The Morgan fingerprint density at radius 3 is 2.55 bits per heavy atom. The van der Waals surface area contributed by atoms with Crippen molar-refractivity contribution in [3.63, 3.8) is 0 Å². The smallest absolute Gasteiger partial charge is 0.224 e. The van der Waals surface area contributed by atoms with Gasteiger partial charge in [0, 0.05) is 32.6 Å². The molecule has 0 aromatic carbocycles. The van der Waals surface area contributed by atoms with Gasteiger partial charge in [0.2, 0.25) is 5.91 Å². The summed E-state index contributed by atoms with van der Waals surface area (Å²) in [5.74, 6) is 1.67. The van der Waals surface area contributed by atoms with Gasteiger partial charge in [-0.3, -0.25) is 4.79 Å². The summed E-state index contributed by atoms with van der Waals surface area (Å²) in [7, 11) is 0. The molecule has 0 spiro atoms. The Kier molecular flexibility index (Phi) is 11.6. The molecule has 1 rings (SSSR count). The van der Waals surface area contributed by atoms with Gasteiger partial charge in [-0.1, -0.05) is 0 Å². The van der Waals surface area contributed by atoms with Gasteiger partial charge in [0.1, 0.15) is 12.3 Å². The molecule has 1 amide bonds. The summed E-state index contributed by atoms with van der Waals surface area (Å²) >= 11 is 0. The highest BCUT2D eigenvalue weighted by molar-refractivity contribution is 14.0. The number of carbonyl (C=O) groups excluding carboxylic acids is 1. The Bertz CT molecular complexity index is 431. The average molecular weight is 422 g/mol. The standard InChI is InChI=1S/C15H26N4O2.HI/c1-4-16-15(18-12-13-8-7-11-21-13)17-10-9-14(20)19(5-2)6-3;/h7-8,11H,4-6,9-10,12H2,1-3H3,(H2,16,17,18);1H. The van der Waals surface area contributed by atoms with Crippen molar-refractivity contribution < 1.29 is 9.21 Å². The summed E-state index contributed by atoms with van der Waals surface area (Å²) in [6.07, 6.45) is 2.10. The fourth-order valence-corrected chi connectivity index (χ4v) is 1.92. The zero-order chi connectivity index (χ0) is 15.5. The number of nitrogens with one attached hydrogen (secondary N) is 2. The van der Waals surface area contributed by atoms with Gasteiger partial charge < -0.3 is 20.0 Å². The Hall–Kier alpha value is -1.25. The van der Waals surface area contributed by atoms with Crippen LogP contribution in [0.2, 0.25) is 0 Å². The lowest BCUT2D eigenvalue weighted by molar-refractivity contribution is -0.130. The first-order valence-corrected chi connectivity index (χ1v) is 7.53. The highest BCUT2D eigenvalue weighted by Crippen LogP contribution is 2.01. The third-order valence-corrected chi connectivity index (χ3v) is 3.06. The number of carbonyl (C=O) groups is 1. The van der Waals surface area contributed by atoms with E-state index < -0.39 is 0 Å². The number of rotatable bonds is 8. The number of nitrogens with zero attached hydrogens (tertiary/aromatic N) is 2. The summed E-state index contributed by atoms with van der Waals surface area (Å²) < 4.78 is 5.24. The number of amides is 1. The van der Waals surface area contributed by atoms with Gasteiger partial charge in [-0.05, 0) is 32.9 Å². The topological polar surface area (TPSA) is 69.9 Å². The number of furan rings is 1. The molecule has 0 atom stereocenters. The van der Waals surface area contributed by atoms with Gasteiger partial charge in [0.25, 0.3) is 0 Å². The van der Waals surface area contributed by atoms with Crippen LogP contribution in [0.4, 0.5) is 0 Å². The van der Waals surface area contributed by atoms with Crippen molar-refractivity contribution in [2.24, 2.45) is 4.99 Å². The van der Waals surface area contributed by atoms with Gasteiger partial charge in [-0.2, -0.15) is 0 Å². The van der Waals surface area contributed by atoms with Crippen molar-refractivity contribution in [2.45, 2.75) is 33.7 Å². The van der Waals surface area contributed by atoms with E-state index in [1.165, 1.54) is 0 Å². The molecule has 0 radical (unpaired) electrons. The van der Waals surface area contributed by atoms with E-state index in [2.05, 4.69) is 15.6 Å². The molecular formula is C15H27IN4O2. The molecule has 6 nitrogen and oxygen atoms in total. The van der Waals surface area contributed by atoms with E-state index in [9.17, 15) is 4.79 Å². The molecule has 2 N–H and O–H groups in total. The number of hydrogen-bond donors (Lipinski definition) is 2. The van der Waals surface area contributed by atoms with Gasteiger partial charge >= 0.3 is 0 Å². The van der Waals surface area contributed by atoms with E-state index in [1.807, 2.05) is 37.8 Å². The second-order valence-corrected chi connectivity index (χ2v) is 4.52. The molecular weight excluding hydrogens is 395 g/mol. The van der Waals surface area contributed by atoms with Crippen LogP contribution in [0.5, 0.6) is 0 Å². The van der Waals surface area contributed by atoms with Crippen LogP contribution in [0, 0.1) is 0 Å². The van der Waals surface area contributed by atoms with Crippen LogP contribution in [0.15, 0.2) is 27.8 Å². The average Bonchev–Trinajstić information content (AvgIpc) is 2.99. The molecule has 0 aliphatic heterocycles. The van der Waals surface area contributed by atoms with Gasteiger partial charge in [-0.15, -0.1) is 24.0 Å². The summed E-state index contributed by atoms with van der Waals surface area (Å²) in [6.45, 7) is 9.31. The van der Waals surface area contributed by atoms with Crippen LogP contribution < -0.4 is 10.6 Å². The summed E-state index contributed by atoms with van der Waals surface area (Å²) in [6, 6.07) is 3.73. The minimum atomic E-state index is 0. The van der Waals surface area contributed by atoms with Crippen LogP contribution in [0.1, 0.15) is 33.0 Å². The number of halogens is 1. The minimum absolute atomic E-state index is 0. The Balaban J connectivity index is 0.00000441. The molecule has 0 aliphatic carbocycles. The lowest BCUT2D eigenvalue weighted by atomic mass is 10.3. The van der Waals surface area contributed by atoms with E-state index >= 15 is 0 Å². The molecule has 1 aromatic rings. The van der Waals surface area contributed by atoms with Crippen LogP contribution in [0.3, 0.4) is 0 Å². The second-order valence-electron chi connectivity index (χ2n) is 4.52. The number of aliphatic imine (C=N–C) groups is 1. The predicted molar refractivity (Wildman–Crippen MR) is 99.5 cm³/mol. The van der Waals surface area contributed by atoms with Crippen molar-refractivity contribution in [2.75, 3.05) is 26.2 Å². The minimum Gasteiger partial charge on any atom is -0.467 e. The molecule has 1 heterocycles. The molecule has 22 heavy (non-hydrogen) atoms. The van der Waals surface area contributed by atoms with Gasteiger partial charge in [0.15, 0.2) is 5.96 Å². The normalized spacial score (nSPS) is 10.8. The van der Waals surface area contributed by atoms with E-state index in [4.69, 9.17) is 4.42 Å². The Morgan fingerprint density at radius 2 is 2.00 bits per heavy atom. The molecule has 7 heteroatoms. The molecule has 0 unspecified atom stereocenters. The Labute approximate surface area is 149 Å². The molecule has 1 aromatic heterocycles. The van der Waals surface area contributed by atoms with Crippen molar-refractivity contribution in [1.82, 2.24) is 15.5 Å². The van der Waals surface area contributed by atoms with Crippen LogP contribution in [-0.4, -0.2) is 42.9 Å². The molecule has 126 valence electrons.